The highest BCUT2D eigenvalue weighted by Crippen LogP contribution is 2.44. The minimum absolute atomic E-state index is 0.181. The second kappa shape index (κ2) is 9.07. The van der Waals surface area contributed by atoms with Gasteiger partial charge in [-0.25, -0.2) is 9.18 Å². The average molecular weight is 400 g/mol. The second-order valence-electron chi connectivity index (χ2n) is 7.35. The van der Waals surface area contributed by atoms with Crippen LogP contribution >= 0.6 is 0 Å². The Bertz CT molecular complexity index is 868. The van der Waals surface area contributed by atoms with Gasteiger partial charge < -0.3 is 4.74 Å². The van der Waals surface area contributed by atoms with Gasteiger partial charge >= 0.3 is 6.09 Å². The van der Waals surface area contributed by atoms with Crippen LogP contribution in [-0.4, -0.2) is 40.2 Å². The summed E-state index contributed by atoms with van der Waals surface area (Å²) in [6.45, 7) is 3.87. The molecule has 8 heteroatoms. The number of unbranched alkanes of at least 4 members (excludes halogenated alkanes) is 1. The summed E-state index contributed by atoms with van der Waals surface area (Å²) in [5.74, 6) is -0.337. The maximum absolute atomic E-state index is 14.5. The van der Waals surface area contributed by atoms with Gasteiger partial charge in [0.1, 0.15) is 11.5 Å². The number of carbonyl (C=O) groups excluding carboxylic acids is 2. The summed E-state index contributed by atoms with van der Waals surface area (Å²) in [5.41, 5.74) is -0.0381. The van der Waals surface area contributed by atoms with Crippen molar-refractivity contribution in [1.82, 2.24) is 15.2 Å². The van der Waals surface area contributed by atoms with Gasteiger partial charge in [-0.05, 0) is 43.5 Å². The molecule has 3 rings (SSSR count). The van der Waals surface area contributed by atoms with Crippen LogP contribution in [0.3, 0.4) is 0 Å². The molecule has 1 aliphatic rings. The molecule has 0 saturated heterocycles. The Morgan fingerprint density at radius 2 is 2.03 bits per heavy atom. The Morgan fingerprint density at radius 1 is 1.24 bits per heavy atom. The van der Waals surface area contributed by atoms with E-state index in [9.17, 15) is 14.0 Å². The third kappa shape index (κ3) is 4.58. The van der Waals surface area contributed by atoms with Crippen molar-refractivity contribution in [3.63, 3.8) is 0 Å². The quantitative estimate of drug-likeness (QED) is 0.490. The zero-order valence-electron chi connectivity index (χ0n) is 16.7. The fourth-order valence-corrected chi connectivity index (χ4v) is 3.43. The number of amides is 1. The van der Waals surface area contributed by atoms with Gasteiger partial charge in [0.05, 0.1) is 12.3 Å². The molecule has 0 aliphatic heterocycles. The van der Waals surface area contributed by atoms with Crippen LogP contribution in [0.2, 0.25) is 0 Å². The average Bonchev–Trinajstić information content (AvgIpc) is 2.69. The van der Waals surface area contributed by atoms with E-state index in [4.69, 9.17) is 4.74 Å². The molecule has 0 unspecified atom stereocenters. The van der Waals surface area contributed by atoms with Crippen LogP contribution < -0.4 is 4.90 Å². The van der Waals surface area contributed by atoms with E-state index in [0.29, 0.717) is 18.5 Å². The molecule has 7 nitrogen and oxygen atoms in total. The monoisotopic (exact) mass is 400 g/mol. The summed E-state index contributed by atoms with van der Waals surface area (Å²) in [6, 6.07) is 6.01. The maximum atomic E-state index is 14.5. The first-order chi connectivity index (χ1) is 14.0. The standard InChI is InChI=1S/C21H25FN4O3/c1-3-4-13-29-20(28)26(18-9-8-17(15(2)27)24-25-18)14-21(10-6-11-21)19-16(22)7-5-12-23-19/h5,7-9,12H,3-4,6,10-11,13-14H2,1-2H3. The molecule has 0 spiro atoms. The minimum Gasteiger partial charge on any atom is -0.449 e. The Kier molecular flexibility index (Phi) is 6.51. The number of pyridine rings is 1. The van der Waals surface area contributed by atoms with Crippen LogP contribution in [0.25, 0.3) is 0 Å². The molecule has 2 aromatic heterocycles. The predicted molar refractivity (Wildman–Crippen MR) is 105 cm³/mol. The van der Waals surface area contributed by atoms with E-state index in [1.165, 1.54) is 24.0 Å². The number of carbonyl (C=O) groups is 2. The number of anilines is 1. The molecule has 1 aliphatic carbocycles. The Balaban J connectivity index is 1.91. The summed E-state index contributed by atoms with van der Waals surface area (Å²) < 4.78 is 19.9. The van der Waals surface area contributed by atoms with Crippen LogP contribution in [0.5, 0.6) is 0 Å². The van der Waals surface area contributed by atoms with E-state index in [2.05, 4.69) is 15.2 Å². The first-order valence-corrected chi connectivity index (χ1v) is 9.87. The number of Topliss-reactive ketones (excluding diaryl/α,β-unsaturated/α-hetero) is 1. The highest BCUT2D eigenvalue weighted by atomic mass is 19.1. The van der Waals surface area contributed by atoms with Crippen molar-refractivity contribution in [3.05, 3.63) is 47.7 Å². The summed E-state index contributed by atoms with van der Waals surface area (Å²) in [5, 5.41) is 7.95. The van der Waals surface area contributed by atoms with Crippen molar-refractivity contribution in [3.8, 4) is 0 Å². The number of ketones is 1. The topological polar surface area (TPSA) is 85.3 Å². The normalized spacial score (nSPS) is 14.7. The van der Waals surface area contributed by atoms with Gasteiger partial charge in [0, 0.05) is 25.1 Å². The molecule has 1 saturated carbocycles. The molecule has 0 aromatic carbocycles. The van der Waals surface area contributed by atoms with Crippen LogP contribution in [0.4, 0.5) is 15.0 Å². The summed E-state index contributed by atoms with van der Waals surface area (Å²) in [6.07, 6.45) is 4.97. The fraction of sp³-hybridized carbons (Fsp3) is 0.476. The number of rotatable bonds is 8. The smallest absolute Gasteiger partial charge is 0.415 e. The fourth-order valence-electron chi connectivity index (χ4n) is 3.43. The number of aromatic nitrogens is 3. The number of nitrogens with zero attached hydrogens (tertiary/aromatic N) is 4. The molecule has 0 atom stereocenters. The van der Waals surface area contributed by atoms with E-state index in [1.807, 2.05) is 6.92 Å². The van der Waals surface area contributed by atoms with Crippen molar-refractivity contribution in [2.75, 3.05) is 18.1 Å². The zero-order valence-corrected chi connectivity index (χ0v) is 16.7. The molecule has 29 heavy (non-hydrogen) atoms. The molecule has 2 heterocycles. The van der Waals surface area contributed by atoms with Crippen molar-refractivity contribution in [1.29, 1.82) is 0 Å². The van der Waals surface area contributed by atoms with Gasteiger partial charge in [-0.2, -0.15) is 0 Å². The van der Waals surface area contributed by atoms with E-state index < -0.39 is 11.5 Å². The molecule has 0 N–H and O–H groups in total. The van der Waals surface area contributed by atoms with E-state index in [0.717, 1.165) is 19.3 Å². The molecular weight excluding hydrogens is 375 g/mol. The van der Waals surface area contributed by atoms with Gasteiger partial charge in [-0.1, -0.05) is 19.8 Å². The van der Waals surface area contributed by atoms with Crippen molar-refractivity contribution in [2.24, 2.45) is 0 Å². The van der Waals surface area contributed by atoms with Crippen molar-refractivity contribution >= 4 is 17.7 Å². The van der Waals surface area contributed by atoms with Gasteiger partial charge in [0.2, 0.25) is 0 Å². The highest BCUT2D eigenvalue weighted by Gasteiger charge is 2.45. The molecule has 2 aromatic rings. The lowest BCUT2D eigenvalue weighted by molar-refractivity contribution is 0.101. The largest absolute Gasteiger partial charge is 0.449 e. The molecular formula is C21H25FN4O3. The first kappa shape index (κ1) is 20.8. The summed E-state index contributed by atoms with van der Waals surface area (Å²) in [4.78, 5) is 29.9. The Labute approximate surface area is 169 Å². The van der Waals surface area contributed by atoms with E-state index in [1.54, 1.807) is 18.3 Å². The van der Waals surface area contributed by atoms with Gasteiger partial charge in [-0.3, -0.25) is 14.7 Å². The van der Waals surface area contributed by atoms with Gasteiger partial charge in [0.25, 0.3) is 0 Å². The maximum Gasteiger partial charge on any atom is 0.415 e. The van der Waals surface area contributed by atoms with Crippen molar-refractivity contribution < 1.29 is 18.7 Å². The SMILES string of the molecule is CCCCOC(=O)N(CC1(c2ncccc2F)CCC1)c1ccc(C(C)=O)nn1. The lowest BCUT2D eigenvalue weighted by Crippen LogP contribution is -2.49. The third-order valence-electron chi connectivity index (χ3n) is 5.26. The van der Waals surface area contributed by atoms with Crippen LogP contribution in [0.15, 0.2) is 30.5 Å². The van der Waals surface area contributed by atoms with Crippen LogP contribution in [-0.2, 0) is 10.2 Å². The molecule has 154 valence electrons. The van der Waals surface area contributed by atoms with E-state index in [-0.39, 0.29) is 36.3 Å². The van der Waals surface area contributed by atoms with E-state index >= 15 is 0 Å². The molecule has 0 radical (unpaired) electrons. The minimum atomic E-state index is -0.601. The Hall–Kier alpha value is -2.90. The molecule has 1 amide bonds. The molecule has 1 fully saturated rings. The first-order valence-electron chi connectivity index (χ1n) is 9.87. The van der Waals surface area contributed by atoms with Crippen LogP contribution in [0, 0.1) is 5.82 Å². The number of halogens is 1. The van der Waals surface area contributed by atoms with Crippen molar-refractivity contribution in [2.45, 2.75) is 51.4 Å². The Morgan fingerprint density at radius 3 is 2.59 bits per heavy atom. The van der Waals surface area contributed by atoms with Gasteiger partial charge in [0.15, 0.2) is 11.6 Å². The molecule has 0 bridgehead atoms. The lowest BCUT2D eigenvalue weighted by Gasteiger charge is -2.43. The van der Waals surface area contributed by atoms with Gasteiger partial charge in [-0.15, -0.1) is 10.2 Å². The third-order valence-corrected chi connectivity index (χ3v) is 5.26. The zero-order chi connectivity index (χ0) is 20.9. The summed E-state index contributed by atoms with van der Waals surface area (Å²) >= 11 is 0. The summed E-state index contributed by atoms with van der Waals surface area (Å²) in [7, 11) is 0. The number of hydrogen-bond acceptors (Lipinski definition) is 6. The second-order valence-corrected chi connectivity index (χ2v) is 7.35. The lowest BCUT2D eigenvalue weighted by atomic mass is 9.66. The highest BCUT2D eigenvalue weighted by molar-refractivity contribution is 5.92. The predicted octanol–water partition coefficient (Wildman–Crippen LogP) is 4.08. The number of hydrogen-bond donors (Lipinski definition) is 0. The number of ether oxygens (including phenoxy) is 1. The van der Waals surface area contributed by atoms with Crippen LogP contribution in [0.1, 0.15) is 62.1 Å².